The van der Waals surface area contributed by atoms with Crippen molar-refractivity contribution in [3.63, 3.8) is 0 Å². The molecule has 0 atom stereocenters. The molecule has 74 heavy (non-hydrogen) atoms. The van der Waals surface area contributed by atoms with Crippen molar-refractivity contribution in [1.82, 2.24) is 9.55 Å². The molecule has 10 aromatic rings. The van der Waals surface area contributed by atoms with Crippen LogP contribution in [0.2, 0.25) is 0 Å². The average molecular weight is 1150 g/mol. The largest absolute Gasteiger partial charge is 0.509 e. The summed E-state index contributed by atoms with van der Waals surface area (Å²) < 4.78 is 9.07. The van der Waals surface area contributed by atoms with Crippen molar-refractivity contribution in [2.45, 2.75) is 90.9 Å². The van der Waals surface area contributed by atoms with Gasteiger partial charge in [-0.15, -0.1) is 48.1 Å². The van der Waals surface area contributed by atoms with E-state index in [4.69, 9.17) is 9.72 Å². The molecule has 0 saturated carbocycles. The zero-order chi connectivity index (χ0) is 50.9. The van der Waals surface area contributed by atoms with Gasteiger partial charge >= 0.3 is 0 Å². The Hall–Kier alpha value is -7.20. The van der Waals surface area contributed by atoms with Gasteiger partial charge in [0.15, 0.2) is 0 Å². The molecule has 6 heteroatoms. The van der Waals surface area contributed by atoms with Crippen LogP contribution in [-0.2, 0) is 42.7 Å². The number of nitrogens with zero attached hydrogens (tertiary/aromatic N) is 4. The minimum atomic E-state index is -0.265. The summed E-state index contributed by atoms with van der Waals surface area (Å²) in [6, 6.07) is 75.0. The van der Waals surface area contributed by atoms with E-state index in [0.29, 0.717) is 11.5 Å². The Kier molecular flexibility index (Phi) is 13.1. The Morgan fingerprint density at radius 1 is 0.446 bits per heavy atom. The normalized spacial score (nSPS) is 13.1. The van der Waals surface area contributed by atoms with Crippen LogP contribution in [0, 0.1) is 18.8 Å². The third kappa shape index (κ3) is 9.37. The molecule has 3 heterocycles. The van der Waals surface area contributed by atoms with Crippen molar-refractivity contribution in [2.24, 2.45) is 0 Å². The van der Waals surface area contributed by atoms with Gasteiger partial charge in [-0.1, -0.05) is 190 Å². The van der Waals surface area contributed by atoms with Crippen LogP contribution >= 0.6 is 0 Å². The molecule has 0 unspecified atom stereocenters. The molecule has 0 spiro atoms. The summed E-state index contributed by atoms with van der Waals surface area (Å²) in [5, 5.41) is 2.22. The van der Waals surface area contributed by atoms with Gasteiger partial charge in [0, 0.05) is 72.2 Å². The minimum absolute atomic E-state index is 0. The summed E-state index contributed by atoms with van der Waals surface area (Å²) in [5.74, 6) is 2.02. The average Bonchev–Trinajstić information content (AvgIpc) is 3.95. The van der Waals surface area contributed by atoms with E-state index in [1.54, 1.807) is 0 Å². The van der Waals surface area contributed by atoms with Crippen LogP contribution in [0.1, 0.15) is 103 Å². The fraction of sp³-hybridized carbons (Fsp3) is 0.206. The molecule has 374 valence electrons. The molecular weight excluding hydrogens is 1080 g/mol. The fourth-order valence-corrected chi connectivity index (χ4v) is 10.3. The molecule has 0 aliphatic carbocycles. The Morgan fingerprint density at radius 2 is 1.05 bits per heavy atom. The Labute approximate surface area is 452 Å². The molecule has 0 saturated heterocycles. The van der Waals surface area contributed by atoms with Crippen LogP contribution in [0.25, 0.3) is 38.8 Å². The van der Waals surface area contributed by atoms with Gasteiger partial charge in [0.25, 0.3) is 0 Å². The maximum atomic E-state index is 6.81. The molecule has 0 amide bonds. The van der Waals surface area contributed by atoms with Crippen LogP contribution in [0.15, 0.2) is 194 Å². The van der Waals surface area contributed by atoms with E-state index in [-0.39, 0.29) is 42.7 Å². The van der Waals surface area contributed by atoms with E-state index < -0.39 is 0 Å². The number of hydrogen-bond donors (Lipinski definition) is 0. The number of benzene rings is 8. The van der Waals surface area contributed by atoms with Crippen molar-refractivity contribution in [2.75, 3.05) is 9.80 Å². The molecular formula is C68H63N4OPt-3. The first kappa shape index (κ1) is 50.3. The zero-order valence-corrected chi connectivity index (χ0v) is 46.3. The summed E-state index contributed by atoms with van der Waals surface area (Å²) in [6.45, 7) is 25.0. The van der Waals surface area contributed by atoms with Crippen molar-refractivity contribution in [1.29, 1.82) is 0 Å². The molecule has 0 bridgehead atoms. The summed E-state index contributed by atoms with van der Waals surface area (Å²) in [7, 11) is 0. The summed E-state index contributed by atoms with van der Waals surface area (Å²) in [6.07, 6.45) is 1.93. The first-order chi connectivity index (χ1) is 34.9. The summed E-state index contributed by atoms with van der Waals surface area (Å²) >= 11 is 0. The van der Waals surface area contributed by atoms with E-state index in [9.17, 15) is 0 Å². The Morgan fingerprint density at radius 3 is 1.73 bits per heavy atom. The molecule has 11 rings (SSSR count). The third-order valence-corrected chi connectivity index (χ3v) is 15.1. The van der Waals surface area contributed by atoms with Gasteiger partial charge in [0.05, 0.1) is 0 Å². The van der Waals surface area contributed by atoms with Gasteiger partial charge in [-0.25, -0.2) is 4.98 Å². The van der Waals surface area contributed by atoms with Gasteiger partial charge in [-0.05, 0) is 103 Å². The number of rotatable bonds is 10. The first-order valence-corrected chi connectivity index (χ1v) is 25.5. The van der Waals surface area contributed by atoms with Gasteiger partial charge < -0.3 is 19.1 Å². The van der Waals surface area contributed by atoms with Gasteiger partial charge in [-0.2, -0.15) is 12.1 Å². The number of pyridine rings is 1. The number of fused-ring (bicyclic) bond motifs is 4. The number of aromatic nitrogens is 2. The van der Waals surface area contributed by atoms with Crippen LogP contribution in [0.5, 0.6) is 11.5 Å². The predicted octanol–water partition coefficient (Wildman–Crippen LogP) is 17.9. The van der Waals surface area contributed by atoms with E-state index in [0.717, 1.165) is 50.4 Å². The Bertz CT molecular complexity index is 3660. The molecule has 2 aromatic heterocycles. The van der Waals surface area contributed by atoms with E-state index in [1.807, 2.05) is 24.4 Å². The van der Waals surface area contributed by atoms with E-state index in [2.05, 4.69) is 272 Å². The summed E-state index contributed by atoms with van der Waals surface area (Å²) in [5.41, 5.74) is 15.3. The van der Waals surface area contributed by atoms with E-state index in [1.165, 1.54) is 44.5 Å². The van der Waals surface area contributed by atoms with Crippen LogP contribution in [0.3, 0.4) is 0 Å². The Balaban J connectivity index is 0.00000626. The van der Waals surface area contributed by atoms with Crippen LogP contribution in [0.4, 0.5) is 22.7 Å². The zero-order valence-electron chi connectivity index (χ0n) is 44.1. The molecule has 0 fully saturated rings. The monoisotopic (exact) mass is 1150 g/mol. The molecule has 1 aliphatic heterocycles. The first-order valence-electron chi connectivity index (χ1n) is 25.5. The number of hydrogen-bond acceptors (Lipinski definition) is 4. The van der Waals surface area contributed by atoms with E-state index >= 15 is 0 Å². The maximum absolute atomic E-state index is 6.81. The SMILES string of the molecule is CC(C)(C)c1ccc2c(c1)N(c1cc(-c3ccccc3)cc(C(C)(C)c3ccccc3)c1)[CH-]N2c1[c-]c(Oc2[c-]c3c(cc2)c2ccc(C(C)(C)C)cc2n3-c2cc(C(C)(C)c3ccccc3)ccn2)ccc1.[Pt]. The third-order valence-electron chi connectivity index (χ3n) is 15.1. The van der Waals surface area contributed by atoms with Crippen LogP contribution < -0.4 is 14.5 Å². The molecule has 8 aromatic carbocycles. The predicted molar refractivity (Wildman–Crippen MR) is 304 cm³/mol. The second kappa shape index (κ2) is 19.3. The van der Waals surface area contributed by atoms with Crippen molar-refractivity contribution in [3.8, 4) is 28.4 Å². The second-order valence-corrected chi connectivity index (χ2v) is 22.7. The van der Waals surface area contributed by atoms with Gasteiger partial charge in [-0.3, -0.25) is 0 Å². The molecule has 1 aliphatic rings. The quantitative estimate of drug-likeness (QED) is 0.128. The van der Waals surface area contributed by atoms with Crippen molar-refractivity contribution < 1.29 is 25.8 Å². The standard InChI is InChI=1S/C68H63N4O.Pt/c1-65(2,3)50-29-32-58-59-33-31-57(44-62(59)72(61(58)40-50)64-42-52(35-36-69-64)67(7,8)48-23-16-12-17-24-48)73-56-28-20-27-54(43-56)70-45-71(63-41-51(66(4,5)6)30-34-60(63)70)55-38-47(46-21-14-11-15-22-46)37-53(39-55)68(9,10)49-25-18-13-19-26-49;/h11-42,45H,1-10H3;/q-3;. The van der Waals surface area contributed by atoms with Crippen molar-refractivity contribution in [3.05, 3.63) is 246 Å². The molecule has 0 N–H and O–H groups in total. The fourth-order valence-electron chi connectivity index (χ4n) is 10.3. The molecule has 5 nitrogen and oxygen atoms in total. The van der Waals surface area contributed by atoms with Gasteiger partial charge in [0.2, 0.25) is 0 Å². The second-order valence-electron chi connectivity index (χ2n) is 22.7. The molecule has 0 radical (unpaired) electrons. The maximum Gasteiger partial charge on any atom is 0.135 e. The van der Waals surface area contributed by atoms with Gasteiger partial charge in [0.1, 0.15) is 5.82 Å². The number of anilines is 4. The minimum Gasteiger partial charge on any atom is -0.509 e. The number of ether oxygens (including phenoxy) is 1. The summed E-state index contributed by atoms with van der Waals surface area (Å²) in [4.78, 5) is 9.63. The topological polar surface area (TPSA) is 33.5 Å². The van der Waals surface area contributed by atoms with Crippen molar-refractivity contribution >= 4 is 44.6 Å². The van der Waals surface area contributed by atoms with Crippen LogP contribution in [-0.4, -0.2) is 9.55 Å². The smallest absolute Gasteiger partial charge is 0.135 e.